The molecule has 1 atom stereocenters. The topological polar surface area (TPSA) is 35.0 Å². The number of hydrogen-bond donors (Lipinski definition) is 0. The van der Waals surface area contributed by atoms with E-state index < -0.39 is 0 Å². The van der Waals surface area contributed by atoms with Crippen LogP contribution < -0.4 is 0 Å². The van der Waals surface area contributed by atoms with Crippen LogP contribution in [0.4, 0.5) is 0 Å². The van der Waals surface area contributed by atoms with Gasteiger partial charge in [0.1, 0.15) is 16.1 Å². The van der Waals surface area contributed by atoms with Gasteiger partial charge in [-0.05, 0) is 44.1 Å². The average Bonchev–Trinajstić information content (AvgIpc) is 3.05. The van der Waals surface area contributed by atoms with E-state index in [-0.39, 0.29) is 6.10 Å². The first kappa shape index (κ1) is 12.1. The minimum atomic E-state index is 0.0426. The van der Waals surface area contributed by atoms with Gasteiger partial charge in [-0.2, -0.15) is 0 Å². The lowest BCUT2D eigenvalue weighted by Gasteiger charge is -2.11. The summed E-state index contributed by atoms with van der Waals surface area (Å²) >= 11 is 8.21. The Morgan fingerprint density at radius 2 is 2.05 bits per heavy atom. The molecular formula is C14H15ClN2OS. The van der Waals surface area contributed by atoms with Crippen molar-refractivity contribution in [2.24, 2.45) is 0 Å². The van der Waals surface area contributed by atoms with Gasteiger partial charge in [-0.25, -0.2) is 9.97 Å². The number of rotatable bonds is 1. The maximum Gasteiger partial charge on any atom is 0.160 e. The first-order chi connectivity index (χ1) is 9.33. The molecule has 1 aliphatic heterocycles. The Morgan fingerprint density at radius 1 is 1.16 bits per heavy atom. The van der Waals surface area contributed by atoms with Crippen molar-refractivity contribution in [3.05, 3.63) is 21.4 Å². The van der Waals surface area contributed by atoms with Crippen LogP contribution in [0.5, 0.6) is 0 Å². The van der Waals surface area contributed by atoms with Crippen molar-refractivity contribution in [2.75, 3.05) is 6.61 Å². The summed E-state index contributed by atoms with van der Waals surface area (Å²) in [5, 5.41) is 1.72. The fraction of sp³-hybridized carbons (Fsp3) is 0.571. The smallest absolute Gasteiger partial charge is 0.160 e. The Balaban J connectivity index is 1.87. The molecular weight excluding hydrogens is 280 g/mol. The molecule has 100 valence electrons. The van der Waals surface area contributed by atoms with Gasteiger partial charge in [0.2, 0.25) is 0 Å². The molecule has 0 N–H and O–H groups in total. The molecule has 0 radical (unpaired) electrons. The van der Waals surface area contributed by atoms with E-state index in [1.54, 1.807) is 11.3 Å². The van der Waals surface area contributed by atoms with E-state index in [0.717, 1.165) is 41.9 Å². The highest BCUT2D eigenvalue weighted by Gasteiger charge is 2.25. The number of nitrogens with zero attached hydrogens (tertiary/aromatic N) is 2. The largest absolute Gasteiger partial charge is 0.370 e. The lowest BCUT2D eigenvalue weighted by molar-refractivity contribution is 0.105. The predicted molar refractivity (Wildman–Crippen MR) is 77.0 cm³/mol. The highest BCUT2D eigenvalue weighted by Crippen LogP contribution is 2.39. The molecule has 0 amide bonds. The van der Waals surface area contributed by atoms with E-state index in [0.29, 0.717) is 5.15 Å². The van der Waals surface area contributed by atoms with Crippen LogP contribution in [0.25, 0.3) is 10.2 Å². The molecule has 4 rings (SSSR count). The molecule has 0 bridgehead atoms. The van der Waals surface area contributed by atoms with Gasteiger partial charge in [0.25, 0.3) is 0 Å². The fourth-order valence-corrected chi connectivity index (χ4v) is 4.67. The van der Waals surface area contributed by atoms with Crippen molar-refractivity contribution in [2.45, 2.75) is 44.6 Å². The van der Waals surface area contributed by atoms with Crippen LogP contribution in [0.15, 0.2) is 0 Å². The second-order valence-electron chi connectivity index (χ2n) is 5.27. The van der Waals surface area contributed by atoms with Gasteiger partial charge in [0.05, 0.1) is 5.39 Å². The summed E-state index contributed by atoms with van der Waals surface area (Å²) in [6, 6.07) is 0. The highest BCUT2D eigenvalue weighted by atomic mass is 35.5. The molecule has 5 heteroatoms. The van der Waals surface area contributed by atoms with Crippen LogP contribution in [0.1, 0.15) is 48.1 Å². The molecule has 1 fully saturated rings. The highest BCUT2D eigenvalue weighted by molar-refractivity contribution is 7.19. The minimum Gasteiger partial charge on any atom is -0.370 e. The number of hydrogen-bond acceptors (Lipinski definition) is 4. The third-order valence-electron chi connectivity index (χ3n) is 4.01. The maximum absolute atomic E-state index is 6.42. The second kappa shape index (κ2) is 4.69. The van der Waals surface area contributed by atoms with Crippen molar-refractivity contribution < 1.29 is 4.74 Å². The zero-order valence-corrected chi connectivity index (χ0v) is 12.2. The predicted octanol–water partition coefficient (Wildman–Crippen LogP) is 4.08. The molecule has 1 aliphatic carbocycles. The van der Waals surface area contributed by atoms with Crippen molar-refractivity contribution >= 4 is 33.2 Å². The summed E-state index contributed by atoms with van der Waals surface area (Å²) in [5.74, 6) is 0.772. The third kappa shape index (κ3) is 1.97. The Morgan fingerprint density at radius 3 is 2.89 bits per heavy atom. The Bertz CT molecular complexity index is 634. The van der Waals surface area contributed by atoms with Crippen LogP contribution in [0.2, 0.25) is 5.15 Å². The first-order valence-corrected chi connectivity index (χ1v) is 8.11. The van der Waals surface area contributed by atoms with E-state index in [1.165, 1.54) is 29.7 Å². The van der Waals surface area contributed by atoms with Gasteiger partial charge in [-0.1, -0.05) is 11.6 Å². The molecule has 1 unspecified atom stereocenters. The van der Waals surface area contributed by atoms with Gasteiger partial charge in [0, 0.05) is 11.5 Å². The van der Waals surface area contributed by atoms with Crippen LogP contribution in [-0.4, -0.2) is 16.6 Å². The van der Waals surface area contributed by atoms with E-state index >= 15 is 0 Å². The summed E-state index contributed by atoms with van der Waals surface area (Å²) in [6.45, 7) is 0.810. The van der Waals surface area contributed by atoms with Crippen LogP contribution in [0, 0.1) is 0 Å². The molecule has 0 spiro atoms. The number of aryl methyl sites for hydroxylation is 2. The van der Waals surface area contributed by atoms with Gasteiger partial charge in [-0.15, -0.1) is 11.3 Å². The lowest BCUT2D eigenvalue weighted by Crippen LogP contribution is -2.03. The summed E-state index contributed by atoms with van der Waals surface area (Å²) in [5.41, 5.74) is 1.40. The number of aromatic nitrogens is 2. The third-order valence-corrected chi connectivity index (χ3v) is 5.46. The molecule has 0 aromatic carbocycles. The van der Waals surface area contributed by atoms with Crippen molar-refractivity contribution in [3.8, 4) is 0 Å². The molecule has 1 saturated heterocycles. The summed E-state index contributed by atoms with van der Waals surface area (Å²) in [4.78, 5) is 11.7. The summed E-state index contributed by atoms with van der Waals surface area (Å²) in [7, 11) is 0. The van der Waals surface area contributed by atoms with Crippen LogP contribution >= 0.6 is 22.9 Å². The molecule has 2 aliphatic rings. The van der Waals surface area contributed by atoms with Crippen LogP contribution in [-0.2, 0) is 17.6 Å². The number of ether oxygens (including phenoxy) is 1. The van der Waals surface area contributed by atoms with Crippen molar-refractivity contribution in [1.82, 2.24) is 9.97 Å². The van der Waals surface area contributed by atoms with Crippen LogP contribution in [0.3, 0.4) is 0 Å². The SMILES string of the molecule is Clc1nc(C2CCCO2)nc2sc3c(c12)CCCC3. The number of fused-ring (bicyclic) bond motifs is 3. The normalized spacial score (nSPS) is 22.9. The van der Waals surface area contributed by atoms with Gasteiger partial charge < -0.3 is 4.74 Å². The fourth-order valence-electron chi connectivity index (χ4n) is 3.05. The Hall–Kier alpha value is -0.710. The van der Waals surface area contributed by atoms with E-state index in [4.69, 9.17) is 21.3 Å². The quantitative estimate of drug-likeness (QED) is 0.744. The summed E-state index contributed by atoms with van der Waals surface area (Å²) in [6.07, 6.45) is 6.96. The Kier molecular flexibility index (Phi) is 2.98. The summed E-state index contributed by atoms with van der Waals surface area (Å²) < 4.78 is 5.67. The molecule has 3 heterocycles. The maximum atomic E-state index is 6.42. The monoisotopic (exact) mass is 294 g/mol. The van der Waals surface area contributed by atoms with E-state index in [9.17, 15) is 0 Å². The first-order valence-electron chi connectivity index (χ1n) is 6.92. The van der Waals surface area contributed by atoms with Gasteiger partial charge >= 0.3 is 0 Å². The van der Waals surface area contributed by atoms with Crippen molar-refractivity contribution in [1.29, 1.82) is 0 Å². The molecule has 2 aromatic rings. The second-order valence-corrected chi connectivity index (χ2v) is 6.71. The zero-order chi connectivity index (χ0) is 12.8. The lowest BCUT2D eigenvalue weighted by atomic mass is 9.97. The number of halogens is 1. The zero-order valence-electron chi connectivity index (χ0n) is 10.6. The molecule has 0 saturated carbocycles. The molecule has 3 nitrogen and oxygen atoms in total. The van der Waals surface area contributed by atoms with E-state index in [2.05, 4.69) is 4.98 Å². The average molecular weight is 295 g/mol. The molecule has 19 heavy (non-hydrogen) atoms. The molecule has 2 aromatic heterocycles. The number of thiophene rings is 1. The standard InChI is InChI=1S/C14H15ClN2OS/c15-12-11-8-4-1-2-6-10(8)19-14(11)17-13(16-12)9-5-3-7-18-9/h9H,1-7H2. The van der Waals surface area contributed by atoms with Gasteiger partial charge in [0.15, 0.2) is 5.82 Å². The Labute approximate surface area is 121 Å². The van der Waals surface area contributed by atoms with Gasteiger partial charge in [-0.3, -0.25) is 0 Å². The van der Waals surface area contributed by atoms with Crippen molar-refractivity contribution in [3.63, 3.8) is 0 Å². The van der Waals surface area contributed by atoms with E-state index in [1.807, 2.05) is 0 Å². The minimum absolute atomic E-state index is 0.0426.